The van der Waals surface area contributed by atoms with Crippen molar-refractivity contribution in [2.45, 2.75) is 70.6 Å². The quantitative estimate of drug-likeness (QED) is 0.871. The number of nitriles is 1. The Labute approximate surface area is 139 Å². The minimum atomic E-state index is -0.423. The molecule has 1 aliphatic heterocycles. The van der Waals surface area contributed by atoms with Crippen molar-refractivity contribution in [3.05, 3.63) is 23.8 Å². The lowest BCUT2D eigenvalue weighted by molar-refractivity contribution is 0.00578. The number of anilines is 1. The number of hydrogen-bond acceptors (Lipinski definition) is 4. The van der Waals surface area contributed by atoms with E-state index in [1.807, 2.05) is 45.9 Å². The topological polar surface area (TPSA) is 54.3 Å². The predicted octanol–water partition coefficient (Wildman–Crippen LogP) is 3.21. The van der Waals surface area contributed by atoms with Crippen LogP contribution in [0.5, 0.6) is 0 Å². The van der Waals surface area contributed by atoms with E-state index in [2.05, 4.69) is 11.4 Å². The summed E-state index contributed by atoms with van der Waals surface area (Å²) in [4.78, 5) is 0. The molecule has 1 aromatic rings. The molecule has 1 aliphatic carbocycles. The van der Waals surface area contributed by atoms with E-state index in [4.69, 9.17) is 9.31 Å². The molecule has 0 amide bonds. The number of nitrogens with one attached hydrogen (secondary N) is 1. The van der Waals surface area contributed by atoms with Crippen LogP contribution >= 0.6 is 0 Å². The molecule has 1 N–H and O–H groups in total. The molecule has 0 atom stereocenters. The van der Waals surface area contributed by atoms with Crippen LogP contribution in [0.15, 0.2) is 18.2 Å². The summed E-state index contributed by atoms with van der Waals surface area (Å²) >= 11 is 0. The molecule has 0 unspecified atom stereocenters. The van der Waals surface area contributed by atoms with E-state index in [1.54, 1.807) is 0 Å². The molecular formula is C18H25BN2O2. The van der Waals surface area contributed by atoms with Crippen molar-refractivity contribution >= 4 is 18.3 Å². The first kappa shape index (κ1) is 16.4. The Kier molecular flexibility index (Phi) is 4.16. The minimum Gasteiger partial charge on any atom is -0.399 e. The highest BCUT2D eigenvalue weighted by atomic mass is 16.7. The summed E-state index contributed by atoms with van der Waals surface area (Å²) in [5.41, 5.74) is 1.73. The normalized spacial score (nSPS) is 23.0. The molecule has 2 aliphatic rings. The van der Waals surface area contributed by atoms with Crippen LogP contribution in [0.4, 0.5) is 5.69 Å². The molecule has 23 heavy (non-hydrogen) atoms. The summed E-state index contributed by atoms with van der Waals surface area (Å²) in [6.07, 6.45) is 4.91. The number of hydrogen-bond donors (Lipinski definition) is 1. The zero-order chi connectivity index (χ0) is 16.7. The molecule has 5 heteroatoms. The van der Waals surface area contributed by atoms with Crippen LogP contribution in [0.3, 0.4) is 0 Å². The molecular weight excluding hydrogens is 287 g/mol. The largest absolute Gasteiger partial charge is 0.494 e. The molecule has 1 aromatic carbocycles. The lowest BCUT2D eigenvalue weighted by atomic mass is 9.78. The van der Waals surface area contributed by atoms with Gasteiger partial charge in [0, 0.05) is 6.04 Å². The number of rotatable bonds is 3. The second kappa shape index (κ2) is 5.85. The third kappa shape index (κ3) is 3.11. The second-order valence-electron chi connectivity index (χ2n) is 7.63. The van der Waals surface area contributed by atoms with Crippen LogP contribution < -0.4 is 10.8 Å². The van der Waals surface area contributed by atoms with Gasteiger partial charge in [-0.3, -0.25) is 0 Å². The SMILES string of the molecule is CC1(C)OB(c2ccc(NC3CCCC3)c(C#N)c2)OC1(C)C. The highest BCUT2D eigenvalue weighted by Gasteiger charge is 2.51. The third-order valence-electron chi connectivity index (χ3n) is 5.40. The lowest BCUT2D eigenvalue weighted by Gasteiger charge is -2.32. The van der Waals surface area contributed by atoms with Gasteiger partial charge in [-0.1, -0.05) is 18.9 Å². The maximum atomic E-state index is 9.49. The van der Waals surface area contributed by atoms with E-state index in [9.17, 15) is 5.26 Å². The summed E-state index contributed by atoms with van der Waals surface area (Å²) in [7, 11) is -0.423. The Bertz CT molecular complexity index is 614. The van der Waals surface area contributed by atoms with E-state index in [-0.39, 0.29) is 11.2 Å². The maximum Gasteiger partial charge on any atom is 0.494 e. The van der Waals surface area contributed by atoms with Gasteiger partial charge >= 0.3 is 7.12 Å². The van der Waals surface area contributed by atoms with Crippen molar-refractivity contribution in [3.63, 3.8) is 0 Å². The van der Waals surface area contributed by atoms with Crippen molar-refractivity contribution in [1.82, 2.24) is 0 Å². The molecule has 1 heterocycles. The summed E-state index contributed by atoms with van der Waals surface area (Å²) in [6, 6.07) is 8.66. The van der Waals surface area contributed by atoms with Gasteiger partial charge in [0.1, 0.15) is 6.07 Å². The van der Waals surface area contributed by atoms with E-state index in [0.717, 1.165) is 11.2 Å². The third-order valence-corrected chi connectivity index (χ3v) is 5.40. The first-order chi connectivity index (χ1) is 10.8. The Hall–Kier alpha value is -1.51. The van der Waals surface area contributed by atoms with Crippen LogP contribution in [0, 0.1) is 11.3 Å². The predicted molar refractivity (Wildman–Crippen MR) is 92.8 cm³/mol. The fraction of sp³-hybridized carbons (Fsp3) is 0.611. The van der Waals surface area contributed by atoms with Crippen molar-refractivity contribution in [1.29, 1.82) is 5.26 Å². The first-order valence-corrected chi connectivity index (χ1v) is 8.49. The minimum absolute atomic E-state index is 0.370. The first-order valence-electron chi connectivity index (χ1n) is 8.49. The summed E-state index contributed by atoms with van der Waals surface area (Å²) in [6.45, 7) is 8.14. The van der Waals surface area contributed by atoms with Crippen molar-refractivity contribution < 1.29 is 9.31 Å². The van der Waals surface area contributed by atoms with Crippen LogP contribution in [0.2, 0.25) is 0 Å². The number of benzene rings is 1. The van der Waals surface area contributed by atoms with Gasteiger partial charge in [-0.05, 0) is 58.1 Å². The molecule has 122 valence electrons. The molecule has 1 saturated heterocycles. The van der Waals surface area contributed by atoms with Gasteiger partial charge in [0.05, 0.1) is 22.5 Å². The maximum absolute atomic E-state index is 9.49. The fourth-order valence-corrected chi connectivity index (χ4v) is 3.20. The van der Waals surface area contributed by atoms with Crippen molar-refractivity contribution in [2.75, 3.05) is 5.32 Å². The van der Waals surface area contributed by atoms with E-state index >= 15 is 0 Å². The molecule has 0 radical (unpaired) electrons. The molecule has 4 nitrogen and oxygen atoms in total. The van der Waals surface area contributed by atoms with Gasteiger partial charge in [-0.15, -0.1) is 0 Å². The molecule has 3 rings (SSSR count). The van der Waals surface area contributed by atoms with Gasteiger partial charge in [0.25, 0.3) is 0 Å². The highest BCUT2D eigenvalue weighted by molar-refractivity contribution is 6.62. The van der Waals surface area contributed by atoms with E-state index < -0.39 is 7.12 Å². The lowest BCUT2D eigenvalue weighted by Crippen LogP contribution is -2.41. The molecule has 0 aromatic heterocycles. The Morgan fingerprint density at radius 2 is 1.74 bits per heavy atom. The second-order valence-corrected chi connectivity index (χ2v) is 7.63. The molecule has 1 saturated carbocycles. The Balaban J connectivity index is 1.81. The Morgan fingerprint density at radius 3 is 2.30 bits per heavy atom. The molecule has 0 spiro atoms. The average molecular weight is 312 g/mol. The summed E-state index contributed by atoms with van der Waals surface area (Å²) in [5, 5.41) is 13.0. The van der Waals surface area contributed by atoms with Crippen LogP contribution in [-0.4, -0.2) is 24.4 Å². The van der Waals surface area contributed by atoms with Crippen LogP contribution in [-0.2, 0) is 9.31 Å². The highest BCUT2D eigenvalue weighted by Crippen LogP contribution is 2.36. The van der Waals surface area contributed by atoms with Gasteiger partial charge < -0.3 is 14.6 Å². The smallest absolute Gasteiger partial charge is 0.399 e. The molecule has 2 fully saturated rings. The van der Waals surface area contributed by atoms with E-state index in [0.29, 0.717) is 11.6 Å². The van der Waals surface area contributed by atoms with Gasteiger partial charge in [0.2, 0.25) is 0 Å². The zero-order valence-corrected chi connectivity index (χ0v) is 14.5. The Morgan fingerprint density at radius 1 is 1.13 bits per heavy atom. The summed E-state index contributed by atoms with van der Waals surface area (Å²) in [5.74, 6) is 0. The standard InChI is InChI=1S/C18H25BN2O2/c1-17(2)18(3,4)23-19(22-17)14-9-10-16(13(11-14)12-20)21-15-7-5-6-8-15/h9-11,15,21H,5-8H2,1-4H3. The van der Waals surface area contributed by atoms with E-state index in [1.165, 1.54) is 25.7 Å². The zero-order valence-electron chi connectivity index (χ0n) is 14.5. The van der Waals surface area contributed by atoms with Gasteiger partial charge in [0.15, 0.2) is 0 Å². The van der Waals surface area contributed by atoms with Gasteiger partial charge in [-0.2, -0.15) is 5.26 Å². The average Bonchev–Trinajstić information content (AvgIpc) is 3.06. The number of nitrogens with zero attached hydrogens (tertiary/aromatic N) is 1. The fourth-order valence-electron chi connectivity index (χ4n) is 3.20. The monoisotopic (exact) mass is 312 g/mol. The van der Waals surface area contributed by atoms with Crippen LogP contribution in [0.1, 0.15) is 58.9 Å². The van der Waals surface area contributed by atoms with Crippen LogP contribution in [0.25, 0.3) is 0 Å². The summed E-state index contributed by atoms with van der Waals surface area (Å²) < 4.78 is 12.1. The molecule has 0 bridgehead atoms. The van der Waals surface area contributed by atoms with Crippen molar-refractivity contribution in [3.8, 4) is 6.07 Å². The van der Waals surface area contributed by atoms with Crippen molar-refractivity contribution in [2.24, 2.45) is 0 Å². The van der Waals surface area contributed by atoms with Gasteiger partial charge in [-0.25, -0.2) is 0 Å².